The summed E-state index contributed by atoms with van der Waals surface area (Å²) < 4.78 is 2.05. The minimum Gasteiger partial charge on any atom is -0.298 e. The van der Waals surface area contributed by atoms with Crippen molar-refractivity contribution in [2.24, 2.45) is 0 Å². The number of hydrogen-bond donors (Lipinski definition) is 0. The van der Waals surface area contributed by atoms with E-state index in [2.05, 4.69) is 44.9 Å². The van der Waals surface area contributed by atoms with E-state index in [0.29, 0.717) is 0 Å². The van der Waals surface area contributed by atoms with Crippen LogP contribution in [0.5, 0.6) is 0 Å². The summed E-state index contributed by atoms with van der Waals surface area (Å²) in [7, 11) is 2.10. The van der Waals surface area contributed by atoms with Gasteiger partial charge in [-0.3, -0.25) is 9.58 Å². The first-order valence-corrected chi connectivity index (χ1v) is 6.85. The number of aromatic nitrogens is 4. The number of nitrogens with zero attached hydrogens (tertiary/aromatic N) is 5. The SMILES string of the molecule is Cc1cc(C)n(CCN(C)Cc2nnc(C)s2)n1. The highest BCUT2D eigenvalue weighted by atomic mass is 32.1. The molecule has 0 spiro atoms. The Morgan fingerprint density at radius 2 is 2.06 bits per heavy atom. The van der Waals surface area contributed by atoms with Crippen molar-refractivity contribution in [2.75, 3.05) is 13.6 Å². The zero-order chi connectivity index (χ0) is 13.1. The number of hydrogen-bond acceptors (Lipinski definition) is 5. The van der Waals surface area contributed by atoms with Crippen LogP contribution in [0.25, 0.3) is 0 Å². The summed E-state index contributed by atoms with van der Waals surface area (Å²) in [6.07, 6.45) is 0. The third kappa shape index (κ3) is 3.36. The lowest BCUT2D eigenvalue weighted by atomic mass is 10.4. The summed E-state index contributed by atoms with van der Waals surface area (Å²) in [4.78, 5) is 2.25. The summed E-state index contributed by atoms with van der Waals surface area (Å²) in [6.45, 7) is 8.82. The highest BCUT2D eigenvalue weighted by Crippen LogP contribution is 2.10. The third-order valence-electron chi connectivity index (χ3n) is 2.77. The Balaban J connectivity index is 1.85. The first-order valence-electron chi connectivity index (χ1n) is 6.03. The molecule has 6 heteroatoms. The van der Waals surface area contributed by atoms with Gasteiger partial charge in [0.1, 0.15) is 10.0 Å². The topological polar surface area (TPSA) is 46.8 Å². The maximum absolute atomic E-state index is 4.46. The Morgan fingerprint density at radius 1 is 1.28 bits per heavy atom. The average molecular weight is 265 g/mol. The highest BCUT2D eigenvalue weighted by molar-refractivity contribution is 7.11. The van der Waals surface area contributed by atoms with Crippen LogP contribution in [-0.4, -0.2) is 38.5 Å². The van der Waals surface area contributed by atoms with Crippen molar-refractivity contribution in [3.8, 4) is 0 Å². The lowest BCUT2D eigenvalue weighted by Crippen LogP contribution is -2.23. The van der Waals surface area contributed by atoms with E-state index >= 15 is 0 Å². The molecule has 0 radical (unpaired) electrons. The van der Waals surface area contributed by atoms with Crippen molar-refractivity contribution in [3.05, 3.63) is 27.5 Å². The van der Waals surface area contributed by atoms with Gasteiger partial charge < -0.3 is 0 Å². The molecule has 18 heavy (non-hydrogen) atoms. The quantitative estimate of drug-likeness (QED) is 0.827. The van der Waals surface area contributed by atoms with Crippen LogP contribution in [0.15, 0.2) is 6.07 Å². The Labute approximate surface area is 111 Å². The third-order valence-corrected chi connectivity index (χ3v) is 3.59. The van der Waals surface area contributed by atoms with E-state index in [-0.39, 0.29) is 0 Å². The van der Waals surface area contributed by atoms with Gasteiger partial charge in [0.05, 0.1) is 18.8 Å². The molecule has 0 saturated carbocycles. The van der Waals surface area contributed by atoms with Gasteiger partial charge in [-0.2, -0.15) is 5.10 Å². The van der Waals surface area contributed by atoms with Crippen molar-refractivity contribution < 1.29 is 0 Å². The van der Waals surface area contributed by atoms with Crippen LogP contribution >= 0.6 is 11.3 Å². The van der Waals surface area contributed by atoms with Gasteiger partial charge in [0.25, 0.3) is 0 Å². The van der Waals surface area contributed by atoms with Gasteiger partial charge in [-0.25, -0.2) is 0 Å². The fourth-order valence-corrected chi connectivity index (χ4v) is 2.67. The number of rotatable bonds is 5. The Kier molecular flexibility index (Phi) is 4.08. The van der Waals surface area contributed by atoms with Crippen LogP contribution in [0.4, 0.5) is 0 Å². The predicted octanol–water partition coefficient (Wildman–Crippen LogP) is 1.79. The van der Waals surface area contributed by atoms with Crippen LogP contribution in [0, 0.1) is 20.8 Å². The molecule has 0 aromatic carbocycles. The first kappa shape index (κ1) is 13.2. The highest BCUT2D eigenvalue weighted by Gasteiger charge is 2.06. The second-order valence-corrected chi connectivity index (χ2v) is 5.87. The van der Waals surface area contributed by atoms with Gasteiger partial charge in [-0.15, -0.1) is 21.5 Å². The summed E-state index contributed by atoms with van der Waals surface area (Å²) >= 11 is 1.66. The fraction of sp³-hybridized carbons (Fsp3) is 0.583. The monoisotopic (exact) mass is 265 g/mol. The molecule has 0 aliphatic heterocycles. The molecule has 0 unspecified atom stereocenters. The Bertz CT molecular complexity index is 516. The average Bonchev–Trinajstić information content (AvgIpc) is 2.82. The molecular weight excluding hydrogens is 246 g/mol. The fourth-order valence-electron chi connectivity index (χ4n) is 1.88. The second-order valence-electron chi connectivity index (χ2n) is 4.60. The van der Waals surface area contributed by atoms with Crippen LogP contribution in [0.1, 0.15) is 21.4 Å². The number of likely N-dealkylation sites (N-methyl/N-ethyl adjacent to an activating group) is 1. The van der Waals surface area contributed by atoms with Crippen molar-refractivity contribution in [3.63, 3.8) is 0 Å². The smallest absolute Gasteiger partial charge is 0.131 e. The van der Waals surface area contributed by atoms with Crippen molar-refractivity contribution in [2.45, 2.75) is 33.9 Å². The van der Waals surface area contributed by atoms with Gasteiger partial charge in [0, 0.05) is 12.2 Å². The number of aryl methyl sites for hydroxylation is 3. The molecule has 0 bridgehead atoms. The van der Waals surface area contributed by atoms with E-state index in [1.165, 1.54) is 5.69 Å². The van der Waals surface area contributed by atoms with E-state index < -0.39 is 0 Å². The van der Waals surface area contributed by atoms with Gasteiger partial charge in [0.2, 0.25) is 0 Å². The molecule has 2 heterocycles. The van der Waals surface area contributed by atoms with Crippen LogP contribution in [-0.2, 0) is 13.1 Å². The largest absolute Gasteiger partial charge is 0.298 e. The summed E-state index contributed by atoms with van der Waals surface area (Å²) in [5.41, 5.74) is 2.29. The normalized spacial score (nSPS) is 11.4. The molecule has 0 atom stereocenters. The molecule has 2 aromatic rings. The molecule has 0 fully saturated rings. The second kappa shape index (κ2) is 5.58. The van der Waals surface area contributed by atoms with Crippen LogP contribution in [0.2, 0.25) is 0 Å². The molecular formula is C12H19N5S. The van der Waals surface area contributed by atoms with Crippen molar-refractivity contribution >= 4 is 11.3 Å². The molecule has 0 saturated heterocycles. The molecule has 0 aliphatic rings. The van der Waals surface area contributed by atoms with Gasteiger partial charge >= 0.3 is 0 Å². The summed E-state index contributed by atoms with van der Waals surface area (Å²) in [5.74, 6) is 0. The van der Waals surface area contributed by atoms with E-state index in [4.69, 9.17) is 0 Å². The zero-order valence-electron chi connectivity index (χ0n) is 11.3. The summed E-state index contributed by atoms with van der Waals surface area (Å²) in [5, 5.41) is 14.7. The maximum Gasteiger partial charge on any atom is 0.131 e. The Hall–Kier alpha value is -1.27. The van der Waals surface area contributed by atoms with Gasteiger partial charge in [-0.05, 0) is 33.9 Å². The summed E-state index contributed by atoms with van der Waals surface area (Å²) in [6, 6.07) is 2.11. The Morgan fingerprint density at radius 3 is 2.61 bits per heavy atom. The van der Waals surface area contributed by atoms with Crippen molar-refractivity contribution in [1.29, 1.82) is 0 Å². The molecule has 0 aliphatic carbocycles. The molecule has 2 aromatic heterocycles. The van der Waals surface area contributed by atoms with Gasteiger partial charge in [-0.1, -0.05) is 0 Å². The first-order chi connectivity index (χ1) is 8.54. The van der Waals surface area contributed by atoms with Crippen LogP contribution < -0.4 is 0 Å². The predicted molar refractivity (Wildman–Crippen MR) is 72.7 cm³/mol. The maximum atomic E-state index is 4.46. The standard InChI is InChI=1S/C12H19N5S/c1-9-7-10(2)17(15-9)6-5-16(4)8-12-14-13-11(3)18-12/h7H,5-6,8H2,1-4H3. The molecule has 2 rings (SSSR count). The van der Waals surface area contributed by atoms with Gasteiger partial charge in [0.15, 0.2) is 0 Å². The molecule has 0 amide bonds. The minimum atomic E-state index is 0.852. The minimum absolute atomic E-state index is 0.852. The van der Waals surface area contributed by atoms with Crippen molar-refractivity contribution in [1.82, 2.24) is 24.9 Å². The van der Waals surface area contributed by atoms with E-state index in [1.807, 2.05) is 13.8 Å². The van der Waals surface area contributed by atoms with E-state index in [0.717, 1.165) is 35.3 Å². The van der Waals surface area contributed by atoms with E-state index in [9.17, 15) is 0 Å². The molecule has 5 nitrogen and oxygen atoms in total. The van der Waals surface area contributed by atoms with Crippen LogP contribution in [0.3, 0.4) is 0 Å². The molecule has 0 N–H and O–H groups in total. The zero-order valence-corrected chi connectivity index (χ0v) is 12.2. The lowest BCUT2D eigenvalue weighted by Gasteiger charge is -2.15. The molecule has 98 valence electrons. The van der Waals surface area contributed by atoms with E-state index in [1.54, 1.807) is 11.3 Å². The lowest BCUT2D eigenvalue weighted by molar-refractivity contribution is 0.302.